The van der Waals surface area contributed by atoms with Crippen LogP contribution in [-0.4, -0.2) is 37.2 Å². The molecule has 0 bridgehead atoms. The molecular formula is C15H18N4O3S. The molecule has 1 aromatic heterocycles. The number of nitrogens with zero attached hydrogens (tertiary/aromatic N) is 3. The molecule has 0 atom stereocenters. The van der Waals surface area contributed by atoms with Crippen molar-refractivity contribution in [2.24, 2.45) is 0 Å². The van der Waals surface area contributed by atoms with E-state index < -0.39 is 5.97 Å². The molecule has 2 rings (SSSR count). The van der Waals surface area contributed by atoms with Crippen LogP contribution in [0.15, 0.2) is 35.4 Å². The molecule has 1 aromatic carbocycles. The summed E-state index contributed by atoms with van der Waals surface area (Å²) in [4.78, 5) is 23.9. The van der Waals surface area contributed by atoms with Gasteiger partial charge in [-0.15, -0.1) is 16.9 Å². The number of carbonyl (C=O) groups is 2. The standard InChI is InChI=1S/C15H18N4O3S/c1-10(2)23-13-6-4-3-5-12(13)15(22)16-7-11-8-19(18-17-11)9-14(20)21/h3-6,8,10H,7,9H2,1-2H3,(H,16,22)(H,20,21). The van der Waals surface area contributed by atoms with Gasteiger partial charge in [-0.1, -0.05) is 31.2 Å². The maximum absolute atomic E-state index is 12.3. The summed E-state index contributed by atoms with van der Waals surface area (Å²) in [7, 11) is 0. The van der Waals surface area contributed by atoms with Gasteiger partial charge in [-0.3, -0.25) is 9.59 Å². The van der Waals surface area contributed by atoms with Crippen LogP contribution in [0.5, 0.6) is 0 Å². The molecule has 1 amide bonds. The summed E-state index contributed by atoms with van der Waals surface area (Å²) in [6, 6.07) is 7.42. The maximum atomic E-state index is 12.3. The fraction of sp³-hybridized carbons (Fsp3) is 0.333. The van der Waals surface area contributed by atoms with E-state index in [1.165, 1.54) is 10.9 Å². The predicted molar refractivity (Wildman–Crippen MR) is 86.3 cm³/mol. The van der Waals surface area contributed by atoms with Crippen LogP contribution in [0.4, 0.5) is 0 Å². The summed E-state index contributed by atoms with van der Waals surface area (Å²) in [5.74, 6) is -1.19. The number of nitrogens with one attached hydrogen (secondary N) is 1. The Morgan fingerprint density at radius 2 is 2.09 bits per heavy atom. The van der Waals surface area contributed by atoms with Crippen molar-refractivity contribution >= 4 is 23.6 Å². The van der Waals surface area contributed by atoms with Crippen molar-refractivity contribution in [2.45, 2.75) is 37.1 Å². The zero-order valence-corrected chi connectivity index (χ0v) is 13.7. The number of amides is 1. The Labute approximate surface area is 138 Å². The quantitative estimate of drug-likeness (QED) is 0.749. The first-order valence-corrected chi connectivity index (χ1v) is 7.98. The third-order valence-corrected chi connectivity index (χ3v) is 3.89. The first-order chi connectivity index (χ1) is 11.0. The van der Waals surface area contributed by atoms with Crippen molar-refractivity contribution in [2.75, 3.05) is 0 Å². The maximum Gasteiger partial charge on any atom is 0.325 e. The van der Waals surface area contributed by atoms with Gasteiger partial charge in [0.1, 0.15) is 12.2 Å². The summed E-state index contributed by atoms with van der Waals surface area (Å²) in [5.41, 5.74) is 1.12. The molecule has 0 radical (unpaired) electrons. The smallest absolute Gasteiger partial charge is 0.325 e. The van der Waals surface area contributed by atoms with Gasteiger partial charge in [0.05, 0.1) is 18.3 Å². The second kappa shape index (κ2) is 7.77. The van der Waals surface area contributed by atoms with Crippen LogP contribution in [0.1, 0.15) is 29.9 Å². The number of thioether (sulfide) groups is 1. The molecule has 8 heteroatoms. The topological polar surface area (TPSA) is 97.1 Å². The number of carboxylic acid groups (broad SMARTS) is 1. The van der Waals surface area contributed by atoms with Crippen molar-refractivity contribution in [3.8, 4) is 0 Å². The van der Waals surface area contributed by atoms with Crippen molar-refractivity contribution in [1.82, 2.24) is 20.3 Å². The van der Waals surface area contributed by atoms with Gasteiger partial charge in [0, 0.05) is 10.1 Å². The Balaban J connectivity index is 2.00. The molecule has 23 heavy (non-hydrogen) atoms. The van der Waals surface area contributed by atoms with Gasteiger partial charge in [-0.2, -0.15) is 0 Å². The summed E-state index contributed by atoms with van der Waals surface area (Å²) < 4.78 is 1.21. The first-order valence-electron chi connectivity index (χ1n) is 7.10. The number of hydrogen-bond donors (Lipinski definition) is 2. The summed E-state index contributed by atoms with van der Waals surface area (Å²) in [6.45, 7) is 4.08. The van der Waals surface area contributed by atoms with Crippen LogP contribution in [-0.2, 0) is 17.9 Å². The Kier molecular flexibility index (Phi) is 5.75. The van der Waals surface area contributed by atoms with E-state index >= 15 is 0 Å². The molecule has 2 N–H and O–H groups in total. The zero-order chi connectivity index (χ0) is 16.8. The molecule has 0 aliphatic carbocycles. The van der Waals surface area contributed by atoms with Gasteiger partial charge < -0.3 is 10.4 Å². The lowest BCUT2D eigenvalue weighted by Gasteiger charge is -2.10. The Hall–Kier alpha value is -2.35. The number of aliphatic carboxylic acids is 1. The van der Waals surface area contributed by atoms with Crippen molar-refractivity contribution in [1.29, 1.82) is 0 Å². The highest BCUT2D eigenvalue weighted by Gasteiger charge is 2.13. The predicted octanol–water partition coefficient (Wildman–Crippen LogP) is 1.79. The molecule has 0 fully saturated rings. The fourth-order valence-corrected chi connectivity index (χ4v) is 2.87. The molecule has 0 aliphatic rings. The van der Waals surface area contributed by atoms with Crippen LogP contribution >= 0.6 is 11.8 Å². The number of aromatic nitrogens is 3. The SMILES string of the molecule is CC(C)Sc1ccccc1C(=O)NCc1cn(CC(=O)O)nn1. The molecular weight excluding hydrogens is 316 g/mol. The zero-order valence-electron chi connectivity index (χ0n) is 12.9. The van der Waals surface area contributed by atoms with Crippen LogP contribution in [0.25, 0.3) is 0 Å². The van der Waals surface area contributed by atoms with E-state index in [0.717, 1.165) is 4.90 Å². The van der Waals surface area contributed by atoms with E-state index in [9.17, 15) is 9.59 Å². The summed E-state index contributed by atoms with van der Waals surface area (Å²) in [6.07, 6.45) is 1.50. The van der Waals surface area contributed by atoms with E-state index in [1.54, 1.807) is 17.8 Å². The Bertz CT molecular complexity index is 700. The van der Waals surface area contributed by atoms with Crippen LogP contribution in [0, 0.1) is 0 Å². The molecule has 0 saturated carbocycles. The average Bonchev–Trinajstić information content (AvgIpc) is 2.91. The molecule has 0 aliphatic heterocycles. The number of rotatable bonds is 7. The summed E-state index contributed by atoms with van der Waals surface area (Å²) in [5, 5.41) is 19.4. The molecule has 0 saturated heterocycles. The first kappa shape index (κ1) is 17.0. The number of carboxylic acids is 1. The van der Waals surface area contributed by atoms with Crippen LogP contribution in [0.2, 0.25) is 0 Å². The van der Waals surface area contributed by atoms with Crippen molar-refractivity contribution < 1.29 is 14.7 Å². The fourth-order valence-electron chi connectivity index (χ4n) is 1.91. The van der Waals surface area contributed by atoms with Crippen LogP contribution < -0.4 is 5.32 Å². The molecule has 2 aromatic rings. The van der Waals surface area contributed by atoms with Crippen LogP contribution in [0.3, 0.4) is 0 Å². The van der Waals surface area contributed by atoms with E-state index in [0.29, 0.717) is 16.5 Å². The Morgan fingerprint density at radius 1 is 1.35 bits per heavy atom. The number of carbonyl (C=O) groups excluding carboxylic acids is 1. The lowest BCUT2D eigenvalue weighted by Crippen LogP contribution is -2.23. The van der Waals surface area contributed by atoms with Gasteiger partial charge in [0.2, 0.25) is 0 Å². The monoisotopic (exact) mass is 334 g/mol. The molecule has 0 spiro atoms. The van der Waals surface area contributed by atoms with E-state index in [4.69, 9.17) is 5.11 Å². The molecule has 0 unspecified atom stereocenters. The van der Waals surface area contributed by atoms with Gasteiger partial charge in [0.25, 0.3) is 5.91 Å². The minimum absolute atomic E-state index is 0.193. The lowest BCUT2D eigenvalue weighted by atomic mass is 10.2. The highest BCUT2D eigenvalue weighted by atomic mass is 32.2. The number of hydrogen-bond acceptors (Lipinski definition) is 5. The van der Waals surface area contributed by atoms with E-state index in [2.05, 4.69) is 29.5 Å². The molecule has 122 valence electrons. The highest BCUT2D eigenvalue weighted by molar-refractivity contribution is 8.00. The van der Waals surface area contributed by atoms with Gasteiger partial charge in [0.15, 0.2) is 0 Å². The van der Waals surface area contributed by atoms with Crippen molar-refractivity contribution in [3.05, 3.63) is 41.7 Å². The minimum atomic E-state index is -0.995. The lowest BCUT2D eigenvalue weighted by molar-refractivity contribution is -0.137. The number of benzene rings is 1. The van der Waals surface area contributed by atoms with Gasteiger partial charge >= 0.3 is 5.97 Å². The van der Waals surface area contributed by atoms with E-state index in [1.807, 2.05) is 18.2 Å². The highest BCUT2D eigenvalue weighted by Crippen LogP contribution is 2.26. The molecule has 7 nitrogen and oxygen atoms in total. The second-order valence-electron chi connectivity index (χ2n) is 5.15. The largest absolute Gasteiger partial charge is 0.480 e. The third kappa shape index (κ3) is 5.10. The second-order valence-corrected chi connectivity index (χ2v) is 6.76. The average molecular weight is 334 g/mol. The minimum Gasteiger partial charge on any atom is -0.480 e. The van der Waals surface area contributed by atoms with E-state index in [-0.39, 0.29) is 19.0 Å². The van der Waals surface area contributed by atoms with Gasteiger partial charge in [-0.25, -0.2) is 4.68 Å². The summed E-state index contributed by atoms with van der Waals surface area (Å²) >= 11 is 1.63. The van der Waals surface area contributed by atoms with Crippen molar-refractivity contribution in [3.63, 3.8) is 0 Å². The third-order valence-electron chi connectivity index (χ3n) is 2.81. The molecule has 1 heterocycles. The Morgan fingerprint density at radius 3 is 2.78 bits per heavy atom. The normalized spacial score (nSPS) is 10.7. The van der Waals surface area contributed by atoms with Gasteiger partial charge in [-0.05, 0) is 12.1 Å².